The number of pyridine rings is 1. The van der Waals surface area contributed by atoms with E-state index in [0.29, 0.717) is 5.92 Å². The first-order chi connectivity index (χ1) is 9.20. The minimum Gasteiger partial charge on any atom is -0.324 e. The molecule has 1 atom stereocenters. The lowest BCUT2D eigenvalue weighted by atomic mass is 9.88. The quantitative estimate of drug-likeness (QED) is 0.860. The molecule has 1 heterocycles. The summed E-state index contributed by atoms with van der Waals surface area (Å²) < 4.78 is 0. The van der Waals surface area contributed by atoms with Crippen molar-refractivity contribution in [3.63, 3.8) is 0 Å². The molecule has 108 valence electrons. The SMILES string of the molecule is CC(C)c1ccc2nc(C(C)(C)C)cc(C(C)N)c2c1. The van der Waals surface area contributed by atoms with Crippen molar-refractivity contribution in [2.24, 2.45) is 5.73 Å². The van der Waals surface area contributed by atoms with E-state index < -0.39 is 0 Å². The number of rotatable bonds is 2. The van der Waals surface area contributed by atoms with Crippen LogP contribution < -0.4 is 5.73 Å². The van der Waals surface area contributed by atoms with Crippen molar-refractivity contribution in [3.8, 4) is 0 Å². The Bertz CT molecular complexity index is 619. The molecular formula is C18H26N2. The van der Waals surface area contributed by atoms with E-state index in [0.717, 1.165) is 11.2 Å². The van der Waals surface area contributed by atoms with Crippen molar-refractivity contribution in [1.29, 1.82) is 0 Å². The molecule has 0 amide bonds. The molecule has 0 saturated heterocycles. The first kappa shape index (κ1) is 15.0. The Balaban J connectivity index is 2.75. The number of aromatic nitrogens is 1. The summed E-state index contributed by atoms with van der Waals surface area (Å²) >= 11 is 0. The average Bonchev–Trinajstić information content (AvgIpc) is 2.35. The molecule has 0 aliphatic rings. The van der Waals surface area contributed by atoms with Crippen LogP contribution in [0.5, 0.6) is 0 Å². The van der Waals surface area contributed by atoms with Crippen LogP contribution in [-0.2, 0) is 5.41 Å². The smallest absolute Gasteiger partial charge is 0.0709 e. The normalized spacial score (nSPS) is 14.0. The maximum Gasteiger partial charge on any atom is 0.0709 e. The van der Waals surface area contributed by atoms with Gasteiger partial charge in [0.1, 0.15) is 0 Å². The number of hydrogen-bond donors (Lipinski definition) is 1. The summed E-state index contributed by atoms with van der Waals surface area (Å²) in [7, 11) is 0. The molecule has 0 spiro atoms. The Kier molecular flexibility index (Phi) is 3.88. The molecule has 20 heavy (non-hydrogen) atoms. The van der Waals surface area contributed by atoms with Gasteiger partial charge in [0.2, 0.25) is 0 Å². The van der Waals surface area contributed by atoms with Gasteiger partial charge in [-0.25, -0.2) is 0 Å². The van der Waals surface area contributed by atoms with Gasteiger partial charge in [-0.1, -0.05) is 40.7 Å². The molecule has 2 rings (SSSR count). The summed E-state index contributed by atoms with van der Waals surface area (Å²) in [4.78, 5) is 4.83. The highest BCUT2D eigenvalue weighted by Crippen LogP contribution is 2.30. The third kappa shape index (κ3) is 2.85. The van der Waals surface area contributed by atoms with Gasteiger partial charge in [0.25, 0.3) is 0 Å². The Labute approximate surface area is 122 Å². The van der Waals surface area contributed by atoms with Gasteiger partial charge in [0.15, 0.2) is 0 Å². The molecule has 1 unspecified atom stereocenters. The minimum atomic E-state index is 0.0176. The third-order valence-electron chi connectivity index (χ3n) is 3.79. The summed E-state index contributed by atoms with van der Waals surface area (Å²) in [6.45, 7) is 13.0. The second-order valence-electron chi connectivity index (χ2n) is 7.07. The van der Waals surface area contributed by atoms with Crippen LogP contribution in [0.2, 0.25) is 0 Å². The molecule has 2 N–H and O–H groups in total. The van der Waals surface area contributed by atoms with Crippen molar-refractivity contribution >= 4 is 10.9 Å². The van der Waals surface area contributed by atoms with E-state index in [1.165, 1.54) is 16.5 Å². The summed E-state index contributed by atoms with van der Waals surface area (Å²) in [6.07, 6.45) is 0. The Hall–Kier alpha value is -1.41. The molecule has 0 aliphatic heterocycles. The molecule has 2 heteroatoms. The van der Waals surface area contributed by atoms with Crippen LogP contribution >= 0.6 is 0 Å². The summed E-state index contributed by atoms with van der Waals surface area (Å²) in [6, 6.07) is 8.75. The number of nitrogens with two attached hydrogens (primary N) is 1. The van der Waals surface area contributed by atoms with E-state index >= 15 is 0 Å². The lowest BCUT2D eigenvalue weighted by Gasteiger charge is -2.21. The number of benzene rings is 1. The molecule has 0 saturated carbocycles. The fourth-order valence-electron chi connectivity index (χ4n) is 2.39. The zero-order chi connectivity index (χ0) is 15.1. The highest BCUT2D eigenvalue weighted by molar-refractivity contribution is 5.84. The summed E-state index contributed by atoms with van der Waals surface area (Å²) in [5.41, 5.74) is 10.9. The maximum absolute atomic E-state index is 6.19. The highest BCUT2D eigenvalue weighted by Gasteiger charge is 2.19. The molecular weight excluding hydrogens is 244 g/mol. The fraction of sp³-hybridized carbons (Fsp3) is 0.500. The number of fused-ring (bicyclic) bond motifs is 1. The molecule has 2 aromatic rings. The van der Waals surface area contributed by atoms with Crippen molar-refractivity contribution in [1.82, 2.24) is 4.98 Å². The molecule has 1 aromatic heterocycles. The summed E-state index contributed by atoms with van der Waals surface area (Å²) in [5, 5.41) is 1.19. The van der Waals surface area contributed by atoms with E-state index in [2.05, 4.69) is 58.9 Å². The molecule has 0 fully saturated rings. The van der Waals surface area contributed by atoms with Gasteiger partial charge in [-0.05, 0) is 42.2 Å². The predicted octanol–water partition coefficient (Wildman–Crippen LogP) is 4.68. The average molecular weight is 270 g/mol. The zero-order valence-corrected chi connectivity index (χ0v) is 13.5. The second kappa shape index (κ2) is 5.17. The number of hydrogen-bond acceptors (Lipinski definition) is 2. The van der Waals surface area contributed by atoms with Crippen LogP contribution in [0.25, 0.3) is 10.9 Å². The van der Waals surface area contributed by atoms with Crippen LogP contribution in [0.3, 0.4) is 0 Å². The van der Waals surface area contributed by atoms with Gasteiger partial charge in [-0.2, -0.15) is 0 Å². The zero-order valence-electron chi connectivity index (χ0n) is 13.5. The largest absolute Gasteiger partial charge is 0.324 e. The molecule has 1 aromatic carbocycles. The van der Waals surface area contributed by atoms with E-state index in [1.807, 2.05) is 6.92 Å². The van der Waals surface area contributed by atoms with E-state index in [9.17, 15) is 0 Å². The van der Waals surface area contributed by atoms with E-state index in [-0.39, 0.29) is 11.5 Å². The lowest BCUT2D eigenvalue weighted by Crippen LogP contribution is -2.16. The van der Waals surface area contributed by atoms with Gasteiger partial charge < -0.3 is 5.73 Å². The first-order valence-corrected chi connectivity index (χ1v) is 7.41. The van der Waals surface area contributed by atoms with Gasteiger partial charge in [-0.3, -0.25) is 4.98 Å². The van der Waals surface area contributed by atoms with Gasteiger partial charge in [0.05, 0.1) is 5.52 Å². The van der Waals surface area contributed by atoms with Crippen molar-refractivity contribution in [2.45, 2.75) is 58.9 Å². The van der Waals surface area contributed by atoms with Crippen molar-refractivity contribution in [2.75, 3.05) is 0 Å². The highest BCUT2D eigenvalue weighted by atomic mass is 14.7. The monoisotopic (exact) mass is 270 g/mol. The first-order valence-electron chi connectivity index (χ1n) is 7.41. The lowest BCUT2D eigenvalue weighted by molar-refractivity contribution is 0.569. The van der Waals surface area contributed by atoms with E-state index in [4.69, 9.17) is 10.7 Å². The van der Waals surface area contributed by atoms with Crippen molar-refractivity contribution < 1.29 is 0 Å². The Morgan fingerprint density at radius 3 is 2.20 bits per heavy atom. The second-order valence-corrected chi connectivity index (χ2v) is 7.07. The van der Waals surface area contributed by atoms with Crippen molar-refractivity contribution in [3.05, 3.63) is 41.1 Å². The topological polar surface area (TPSA) is 38.9 Å². The Morgan fingerprint density at radius 1 is 1.05 bits per heavy atom. The van der Waals surface area contributed by atoms with Crippen LogP contribution in [0, 0.1) is 0 Å². The van der Waals surface area contributed by atoms with E-state index in [1.54, 1.807) is 0 Å². The van der Waals surface area contributed by atoms with Gasteiger partial charge in [-0.15, -0.1) is 0 Å². The third-order valence-corrected chi connectivity index (χ3v) is 3.79. The molecule has 2 nitrogen and oxygen atoms in total. The minimum absolute atomic E-state index is 0.0176. The fourth-order valence-corrected chi connectivity index (χ4v) is 2.39. The van der Waals surface area contributed by atoms with Crippen LogP contribution in [0.15, 0.2) is 24.3 Å². The molecule has 0 radical (unpaired) electrons. The van der Waals surface area contributed by atoms with Crippen LogP contribution in [0.4, 0.5) is 0 Å². The van der Waals surface area contributed by atoms with Crippen LogP contribution in [0.1, 0.15) is 70.3 Å². The Morgan fingerprint density at radius 2 is 1.70 bits per heavy atom. The standard InChI is InChI=1S/C18H26N2/c1-11(2)13-7-8-16-15(9-13)14(12(3)19)10-17(20-16)18(4,5)6/h7-12H,19H2,1-6H3. The molecule has 0 aliphatic carbocycles. The van der Waals surface area contributed by atoms with Gasteiger partial charge >= 0.3 is 0 Å². The maximum atomic E-state index is 6.19. The molecule has 0 bridgehead atoms. The van der Waals surface area contributed by atoms with Crippen LogP contribution in [-0.4, -0.2) is 4.98 Å². The number of nitrogens with zero attached hydrogens (tertiary/aromatic N) is 1. The summed E-state index contributed by atoms with van der Waals surface area (Å²) in [5.74, 6) is 0.516. The van der Waals surface area contributed by atoms with Gasteiger partial charge in [0, 0.05) is 22.5 Å². The predicted molar refractivity (Wildman–Crippen MR) is 87.1 cm³/mol.